The summed E-state index contributed by atoms with van der Waals surface area (Å²) in [6, 6.07) is 0.735. The van der Waals surface area contributed by atoms with Gasteiger partial charge in [-0.05, 0) is 52.2 Å². The van der Waals surface area contributed by atoms with E-state index >= 15 is 0 Å². The number of nitrogens with two attached hydrogens (primary N) is 1. The number of hydrogen-bond donors (Lipinski definition) is 1. The zero-order valence-corrected chi connectivity index (χ0v) is 10.3. The molecule has 0 bridgehead atoms. The van der Waals surface area contributed by atoms with Gasteiger partial charge in [-0.3, -0.25) is 0 Å². The molecular weight excluding hydrogens is 172 g/mol. The first-order valence-electron chi connectivity index (χ1n) is 6.20. The minimum atomic E-state index is 0.735. The van der Waals surface area contributed by atoms with E-state index in [4.69, 9.17) is 5.73 Å². The van der Waals surface area contributed by atoms with Crippen molar-refractivity contribution in [3.8, 4) is 0 Å². The van der Waals surface area contributed by atoms with Crippen molar-refractivity contribution in [2.24, 2.45) is 5.73 Å². The third-order valence-electron chi connectivity index (χ3n) is 2.91. The summed E-state index contributed by atoms with van der Waals surface area (Å²) < 4.78 is 0. The molecule has 1 atom stereocenters. The van der Waals surface area contributed by atoms with Gasteiger partial charge in [-0.15, -0.1) is 0 Å². The van der Waals surface area contributed by atoms with Gasteiger partial charge >= 0.3 is 0 Å². The summed E-state index contributed by atoms with van der Waals surface area (Å²) in [6.45, 7) is 10.2. The zero-order chi connectivity index (χ0) is 10.8. The molecule has 0 rings (SSSR count). The van der Waals surface area contributed by atoms with Crippen molar-refractivity contribution in [3.05, 3.63) is 0 Å². The maximum atomic E-state index is 5.50. The maximum absolute atomic E-state index is 5.50. The van der Waals surface area contributed by atoms with Crippen LogP contribution >= 0.6 is 0 Å². The first-order valence-corrected chi connectivity index (χ1v) is 6.20. The van der Waals surface area contributed by atoms with Crippen LogP contribution < -0.4 is 5.73 Å². The Labute approximate surface area is 89.9 Å². The van der Waals surface area contributed by atoms with Gasteiger partial charge in [0.15, 0.2) is 0 Å². The number of rotatable bonds is 9. The second-order valence-electron chi connectivity index (χ2n) is 4.14. The van der Waals surface area contributed by atoms with Crippen LogP contribution in [0.3, 0.4) is 0 Å². The highest BCUT2D eigenvalue weighted by atomic mass is 15.1. The van der Waals surface area contributed by atoms with Crippen molar-refractivity contribution in [3.63, 3.8) is 0 Å². The molecule has 2 N–H and O–H groups in total. The summed E-state index contributed by atoms with van der Waals surface area (Å²) in [6.07, 6.45) is 6.30. The fraction of sp³-hybridized carbons (Fsp3) is 1.00. The molecule has 0 aromatic carbocycles. The lowest BCUT2D eigenvalue weighted by Crippen LogP contribution is -2.34. The topological polar surface area (TPSA) is 29.3 Å². The lowest BCUT2D eigenvalue weighted by molar-refractivity contribution is 0.197. The molecule has 2 heteroatoms. The first kappa shape index (κ1) is 13.9. The molecule has 0 spiro atoms. The molecule has 2 nitrogen and oxygen atoms in total. The average Bonchev–Trinajstić information content (AvgIpc) is 2.22. The van der Waals surface area contributed by atoms with Gasteiger partial charge < -0.3 is 10.6 Å². The fourth-order valence-corrected chi connectivity index (χ4v) is 1.63. The van der Waals surface area contributed by atoms with E-state index in [1.54, 1.807) is 0 Å². The van der Waals surface area contributed by atoms with Crippen molar-refractivity contribution in [1.82, 2.24) is 4.90 Å². The van der Waals surface area contributed by atoms with E-state index in [1.165, 1.54) is 45.2 Å². The van der Waals surface area contributed by atoms with Gasteiger partial charge in [0, 0.05) is 6.04 Å². The Bertz CT molecular complexity index is 115. The van der Waals surface area contributed by atoms with Crippen molar-refractivity contribution < 1.29 is 0 Å². The maximum Gasteiger partial charge on any atom is 0.00643 e. The smallest absolute Gasteiger partial charge is 0.00643 e. The van der Waals surface area contributed by atoms with Crippen LogP contribution in [0.15, 0.2) is 0 Å². The molecule has 0 radical (unpaired) electrons. The Hall–Kier alpha value is -0.0800. The monoisotopic (exact) mass is 200 g/mol. The highest BCUT2D eigenvalue weighted by Gasteiger charge is 2.10. The van der Waals surface area contributed by atoms with Crippen LogP contribution in [0.1, 0.15) is 52.9 Å². The average molecular weight is 200 g/mol. The molecule has 1 unspecified atom stereocenters. The Morgan fingerprint density at radius 3 is 2.21 bits per heavy atom. The highest BCUT2D eigenvalue weighted by molar-refractivity contribution is 4.65. The second kappa shape index (κ2) is 9.47. The predicted octanol–water partition coefficient (Wildman–Crippen LogP) is 2.63. The Morgan fingerprint density at radius 1 is 1.07 bits per heavy atom. The Morgan fingerprint density at radius 2 is 1.71 bits per heavy atom. The van der Waals surface area contributed by atoms with E-state index in [2.05, 4.69) is 25.7 Å². The van der Waals surface area contributed by atoms with E-state index in [1.807, 2.05) is 0 Å². The van der Waals surface area contributed by atoms with E-state index in [9.17, 15) is 0 Å². The summed E-state index contributed by atoms with van der Waals surface area (Å²) in [7, 11) is 0. The van der Waals surface area contributed by atoms with Crippen LogP contribution in [0.4, 0.5) is 0 Å². The van der Waals surface area contributed by atoms with Crippen molar-refractivity contribution in [2.75, 3.05) is 19.6 Å². The van der Waals surface area contributed by atoms with Gasteiger partial charge in [0.2, 0.25) is 0 Å². The molecule has 0 aromatic rings. The Balaban J connectivity index is 3.72. The summed E-state index contributed by atoms with van der Waals surface area (Å²) in [5.41, 5.74) is 5.50. The normalized spacial score (nSPS) is 13.5. The number of unbranched alkanes of at least 4 members (excludes halogenated alkanes) is 2. The quantitative estimate of drug-likeness (QED) is 0.580. The van der Waals surface area contributed by atoms with Crippen molar-refractivity contribution in [1.29, 1.82) is 0 Å². The lowest BCUT2D eigenvalue weighted by Gasteiger charge is -2.28. The summed E-state index contributed by atoms with van der Waals surface area (Å²) >= 11 is 0. The summed E-state index contributed by atoms with van der Waals surface area (Å²) in [5, 5.41) is 0. The van der Waals surface area contributed by atoms with E-state index < -0.39 is 0 Å². The Kier molecular flexibility index (Phi) is 9.42. The largest absolute Gasteiger partial charge is 0.330 e. The van der Waals surface area contributed by atoms with Gasteiger partial charge in [-0.1, -0.05) is 20.3 Å². The summed E-state index contributed by atoms with van der Waals surface area (Å²) in [5.74, 6) is 0. The van der Waals surface area contributed by atoms with Crippen LogP contribution in [0.25, 0.3) is 0 Å². The molecule has 0 amide bonds. The number of nitrogens with zero attached hydrogens (tertiary/aromatic N) is 1. The molecule has 0 aliphatic carbocycles. The second-order valence-corrected chi connectivity index (χ2v) is 4.14. The van der Waals surface area contributed by atoms with Gasteiger partial charge in [0.05, 0.1) is 0 Å². The molecule has 0 saturated heterocycles. The lowest BCUT2D eigenvalue weighted by atomic mass is 10.1. The molecular formula is C12H28N2. The van der Waals surface area contributed by atoms with Crippen LogP contribution in [-0.4, -0.2) is 30.6 Å². The summed E-state index contributed by atoms with van der Waals surface area (Å²) in [4.78, 5) is 2.61. The third-order valence-corrected chi connectivity index (χ3v) is 2.91. The molecule has 0 aliphatic rings. The van der Waals surface area contributed by atoms with Gasteiger partial charge in [-0.2, -0.15) is 0 Å². The van der Waals surface area contributed by atoms with E-state index in [0.29, 0.717) is 0 Å². The minimum Gasteiger partial charge on any atom is -0.330 e. The molecule has 86 valence electrons. The SMILES string of the molecule is CCCCN(CCCCN)C(C)CC. The molecule has 0 aromatic heterocycles. The first-order chi connectivity index (χ1) is 6.76. The van der Waals surface area contributed by atoms with Crippen LogP contribution in [-0.2, 0) is 0 Å². The van der Waals surface area contributed by atoms with E-state index in [0.717, 1.165) is 12.6 Å². The molecule has 0 saturated carbocycles. The molecule has 0 aliphatic heterocycles. The highest BCUT2D eigenvalue weighted by Crippen LogP contribution is 2.07. The van der Waals surface area contributed by atoms with Gasteiger partial charge in [0.25, 0.3) is 0 Å². The zero-order valence-electron chi connectivity index (χ0n) is 10.3. The van der Waals surface area contributed by atoms with Crippen LogP contribution in [0, 0.1) is 0 Å². The minimum absolute atomic E-state index is 0.735. The molecule has 14 heavy (non-hydrogen) atoms. The van der Waals surface area contributed by atoms with Crippen molar-refractivity contribution >= 4 is 0 Å². The number of hydrogen-bond acceptors (Lipinski definition) is 2. The fourth-order valence-electron chi connectivity index (χ4n) is 1.63. The molecule has 0 heterocycles. The predicted molar refractivity (Wildman–Crippen MR) is 64.5 cm³/mol. The van der Waals surface area contributed by atoms with Crippen molar-refractivity contribution in [2.45, 2.75) is 58.9 Å². The van der Waals surface area contributed by atoms with Gasteiger partial charge in [-0.25, -0.2) is 0 Å². The van der Waals surface area contributed by atoms with E-state index in [-0.39, 0.29) is 0 Å². The standard InChI is InChI=1S/C12H28N2/c1-4-6-10-14(12(3)5-2)11-8-7-9-13/h12H,4-11,13H2,1-3H3. The third kappa shape index (κ3) is 6.39. The molecule has 0 fully saturated rings. The van der Waals surface area contributed by atoms with Gasteiger partial charge in [0.1, 0.15) is 0 Å². The van der Waals surface area contributed by atoms with Crippen LogP contribution in [0.2, 0.25) is 0 Å². The van der Waals surface area contributed by atoms with Crippen LogP contribution in [0.5, 0.6) is 0 Å².